The molecule has 0 saturated heterocycles. The van der Waals surface area contributed by atoms with Crippen molar-refractivity contribution in [3.63, 3.8) is 0 Å². The summed E-state index contributed by atoms with van der Waals surface area (Å²) < 4.78 is 6.11. The third-order valence-electron chi connectivity index (χ3n) is 2.59. The lowest BCUT2D eigenvalue weighted by Gasteiger charge is -2.16. The van der Waals surface area contributed by atoms with Gasteiger partial charge in [0.1, 0.15) is 5.75 Å². The average Bonchev–Trinajstić information content (AvgIpc) is 2.35. The van der Waals surface area contributed by atoms with Gasteiger partial charge in [-0.3, -0.25) is 11.3 Å². The van der Waals surface area contributed by atoms with Gasteiger partial charge in [-0.15, -0.1) is 12.3 Å². The Morgan fingerprint density at radius 2 is 2.35 bits per heavy atom. The van der Waals surface area contributed by atoms with E-state index in [1.54, 1.807) is 7.11 Å². The predicted octanol–water partition coefficient (Wildman–Crippen LogP) is 2.77. The second-order valence-electron chi connectivity index (χ2n) is 3.71. The summed E-state index contributed by atoms with van der Waals surface area (Å²) >= 11 is 3.46. The zero-order valence-corrected chi connectivity index (χ0v) is 11.5. The molecule has 17 heavy (non-hydrogen) atoms. The Morgan fingerprint density at radius 1 is 1.59 bits per heavy atom. The molecule has 3 nitrogen and oxygen atoms in total. The zero-order valence-electron chi connectivity index (χ0n) is 9.87. The standard InChI is InChI=1S/C13H17BrN2O/c1-3-4-5-6-12(16-15)10-7-8-13(17-2)11(14)9-10/h1,7-9,12,16H,4-6,15H2,2H3. The van der Waals surface area contributed by atoms with Crippen LogP contribution in [0.25, 0.3) is 0 Å². The summed E-state index contributed by atoms with van der Waals surface area (Å²) in [4.78, 5) is 0. The van der Waals surface area contributed by atoms with E-state index < -0.39 is 0 Å². The fourth-order valence-corrected chi connectivity index (χ4v) is 2.21. The monoisotopic (exact) mass is 296 g/mol. The number of nitrogens with one attached hydrogen (secondary N) is 1. The fourth-order valence-electron chi connectivity index (χ4n) is 1.65. The van der Waals surface area contributed by atoms with Gasteiger partial charge in [0.15, 0.2) is 0 Å². The molecule has 0 bridgehead atoms. The fraction of sp³-hybridized carbons (Fsp3) is 0.385. The van der Waals surface area contributed by atoms with E-state index in [4.69, 9.17) is 17.0 Å². The molecule has 4 heteroatoms. The number of halogens is 1. The average molecular weight is 297 g/mol. The zero-order chi connectivity index (χ0) is 12.7. The minimum Gasteiger partial charge on any atom is -0.496 e. The number of methoxy groups -OCH3 is 1. The second-order valence-corrected chi connectivity index (χ2v) is 4.56. The number of benzene rings is 1. The van der Waals surface area contributed by atoms with Gasteiger partial charge in [-0.25, -0.2) is 0 Å². The summed E-state index contributed by atoms with van der Waals surface area (Å²) in [6, 6.07) is 6.05. The van der Waals surface area contributed by atoms with Crippen molar-refractivity contribution < 1.29 is 4.74 Å². The number of nitrogens with two attached hydrogens (primary N) is 1. The van der Waals surface area contributed by atoms with Crippen LogP contribution in [-0.2, 0) is 0 Å². The molecule has 0 heterocycles. The first-order valence-corrected chi connectivity index (χ1v) is 6.25. The normalized spacial score (nSPS) is 11.9. The second kappa shape index (κ2) is 7.33. The summed E-state index contributed by atoms with van der Waals surface area (Å²) in [5, 5.41) is 0. The number of hydrogen-bond acceptors (Lipinski definition) is 3. The Kier molecular flexibility index (Phi) is 6.06. The molecule has 0 spiro atoms. The van der Waals surface area contributed by atoms with E-state index in [0.717, 1.165) is 35.0 Å². The van der Waals surface area contributed by atoms with E-state index in [2.05, 4.69) is 27.3 Å². The molecule has 0 aliphatic carbocycles. The number of unbranched alkanes of at least 4 members (excludes halogenated alkanes) is 1. The molecule has 0 aromatic heterocycles. The van der Waals surface area contributed by atoms with Gasteiger partial charge in [0.05, 0.1) is 11.6 Å². The molecule has 1 atom stereocenters. The number of ether oxygens (including phenoxy) is 1. The molecule has 0 aliphatic rings. The molecule has 92 valence electrons. The lowest BCUT2D eigenvalue weighted by molar-refractivity contribution is 0.411. The maximum atomic E-state index is 5.56. The molecule has 3 N–H and O–H groups in total. The first-order chi connectivity index (χ1) is 8.22. The number of rotatable bonds is 6. The van der Waals surface area contributed by atoms with E-state index in [-0.39, 0.29) is 6.04 Å². The van der Waals surface area contributed by atoms with Gasteiger partial charge in [-0.1, -0.05) is 6.07 Å². The van der Waals surface area contributed by atoms with Crippen LogP contribution in [0.2, 0.25) is 0 Å². The van der Waals surface area contributed by atoms with Gasteiger partial charge in [0, 0.05) is 12.5 Å². The Bertz CT molecular complexity index is 401. The van der Waals surface area contributed by atoms with Gasteiger partial charge >= 0.3 is 0 Å². The van der Waals surface area contributed by atoms with E-state index in [9.17, 15) is 0 Å². The smallest absolute Gasteiger partial charge is 0.133 e. The van der Waals surface area contributed by atoms with Crippen molar-refractivity contribution in [2.75, 3.05) is 7.11 Å². The minimum atomic E-state index is 0.116. The molecule has 1 unspecified atom stereocenters. The largest absolute Gasteiger partial charge is 0.496 e. The lowest BCUT2D eigenvalue weighted by atomic mass is 10.0. The van der Waals surface area contributed by atoms with Crippen molar-refractivity contribution in [2.24, 2.45) is 5.84 Å². The van der Waals surface area contributed by atoms with Crippen molar-refractivity contribution in [3.05, 3.63) is 28.2 Å². The van der Waals surface area contributed by atoms with Gasteiger partial charge in [0.25, 0.3) is 0 Å². The number of hydrazine groups is 1. The number of hydrogen-bond donors (Lipinski definition) is 2. The summed E-state index contributed by atoms with van der Waals surface area (Å²) in [6.45, 7) is 0. The maximum Gasteiger partial charge on any atom is 0.133 e. The Morgan fingerprint density at radius 3 is 2.88 bits per heavy atom. The van der Waals surface area contributed by atoms with Crippen molar-refractivity contribution in [1.29, 1.82) is 0 Å². The number of terminal acetylenes is 1. The van der Waals surface area contributed by atoms with Crippen molar-refractivity contribution in [2.45, 2.75) is 25.3 Å². The van der Waals surface area contributed by atoms with Crippen LogP contribution in [0.15, 0.2) is 22.7 Å². The third kappa shape index (κ3) is 4.04. The molecule has 1 aromatic carbocycles. The first-order valence-electron chi connectivity index (χ1n) is 5.46. The molecule has 0 amide bonds. The van der Waals surface area contributed by atoms with Crippen LogP contribution < -0.4 is 16.0 Å². The summed E-state index contributed by atoms with van der Waals surface area (Å²) in [5.74, 6) is 9.00. The highest BCUT2D eigenvalue weighted by molar-refractivity contribution is 9.10. The predicted molar refractivity (Wildman–Crippen MR) is 73.4 cm³/mol. The highest BCUT2D eigenvalue weighted by Crippen LogP contribution is 2.29. The summed E-state index contributed by atoms with van der Waals surface area (Å²) in [7, 11) is 1.64. The van der Waals surface area contributed by atoms with Gasteiger partial charge in [0.2, 0.25) is 0 Å². The first kappa shape index (κ1) is 14.0. The van der Waals surface area contributed by atoms with Crippen molar-refractivity contribution in [1.82, 2.24) is 5.43 Å². The van der Waals surface area contributed by atoms with Crippen molar-refractivity contribution >= 4 is 15.9 Å². The maximum absolute atomic E-state index is 5.56. The lowest BCUT2D eigenvalue weighted by Crippen LogP contribution is -2.27. The Labute approximate surface area is 111 Å². The van der Waals surface area contributed by atoms with Crippen LogP contribution in [-0.4, -0.2) is 7.11 Å². The molecule has 1 rings (SSSR count). The van der Waals surface area contributed by atoms with Crippen LogP contribution in [0, 0.1) is 12.3 Å². The highest BCUT2D eigenvalue weighted by atomic mass is 79.9. The van der Waals surface area contributed by atoms with Crippen LogP contribution >= 0.6 is 15.9 Å². The van der Waals surface area contributed by atoms with Gasteiger partial charge < -0.3 is 4.74 Å². The van der Waals surface area contributed by atoms with Crippen LogP contribution in [0.1, 0.15) is 30.9 Å². The van der Waals surface area contributed by atoms with E-state index in [0.29, 0.717) is 0 Å². The Balaban J connectivity index is 2.75. The van der Waals surface area contributed by atoms with Crippen LogP contribution in [0.4, 0.5) is 0 Å². The van der Waals surface area contributed by atoms with Gasteiger partial charge in [-0.2, -0.15) is 0 Å². The molecule has 1 aromatic rings. The topological polar surface area (TPSA) is 47.3 Å². The molecule has 0 saturated carbocycles. The van der Waals surface area contributed by atoms with Crippen LogP contribution in [0.3, 0.4) is 0 Å². The SMILES string of the molecule is C#CCCCC(NN)c1ccc(OC)c(Br)c1. The molecular weight excluding hydrogens is 280 g/mol. The van der Waals surface area contributed by atoms with Crippen molar-refractivity contribution in [3.8, 4) is 18.1 Å². The molecule has 0 fully saturated rings. The highest BCUT2D eigenvalue weighted by Gasteiger charge is 2.11. The summed E-state index contributed by atoms with van der Waals surface area (Å²) in [5.41, 5.74) is 3.93. The van der Waals surface area contributed by atoms with E-state index in [1.165, 1.54) is 0 Å². The molecule has 0 aliphatic heterocycles. The summed E-state index contributed by atoms with van der Waals surface area (Å²) in [6.07, 6.45) is 7.87. The third-order valence-corrected chi connectivity index (χ3v) is 3.21. The molecule has 0 radical (unpaired) electrons. The van der Waals surface area contributed by atoms with Gasteiger partial charge in [-0.05, 0) is 46.5 Å². The van der Waals surface area contributed by atoms with E-state index >= 15 is 0 Å². The van der Waals surface area contributed by atoms with Crippen LogP contribution in [0.5, 0.6) is 5.75 Å². The quantitative estimate of drug-likeness (QED) is 0.367. The minimum absolute atomic E-state index is 0.116. The van der Waals surface area contributed by atoms with E-state index in [1.807, 2.05) is 18.2 Å². The Hall–Kier alpha value is -1.02. The molecular formula is C13H17BrN2O.